The molecule has 5 nitrogen and oxygen atoms in total. The molecule has 23 heavy (non-hydrogen) atoms. The lowest BCUT2D eigenvalue weighted by molar-refractivity contribution is 0.0285. The third-order valence-corrected chi connectivity index (χ3v) is 3.71. The maximum atomic E-state index is 12.1. The van der Waals surface area contributed by atoms with Crippen LogP contribution in [-0.4, -0.2) is 42.9 Å². The Kier molecular flexibility index (Phi) is 5.88. The van der Waals surface area contributed by atoms with Gasteiger partial charge in [-0.3, -0.25) is 0 Å². The number of anilines is 1. The molecule has 1 heterocycles. The van der Waals surface area contributed by atoms with Crippen molar-refractivity contribution in [1.82, 2.24) is 4.90 Å². The standard InChI is InChI=1S/C18H28N2O3/c1-18(2,3)23-17(21)20(4)13-14-7-5-6-8-16(14)19-15-9-11-22-12-10-15/h5-8,15,19H,9-13H2,1-4H3. The summed E-state index contributed by atoms with van der Waals surface area (Å²) in [6.07, 6.45) is 1.71. The Morgan fingerprint density at radius 1 is 1.30 bits per heavy atom. The minimum Gasteiger partial charge on any atom is -0.444 e. The Morgan fingerprint density at radius 3 is 2.61 bits per heavy atom. The summed E-state index contributed by atoms with van der Waals surface area (Å²) >= 11 is 0. The van der Waals surface area contributed by atoms with Gasteiger partial charge >= 0.3 is 6.09 Å². The molecule has 0 aromatic heterocycles. The van der Waals surface area contributed by atoms with Crippen LogP contribution in [0.25, 0.3) is 0 Å². The van der Waals surface area contributed by atoms with E-state index < -0.39 is 5.60 Å². The molecule has 1 amide bonds. The van der Waals surface area contributed by atoms with E-state index in [1.165, 1.54) is 0 Å². The fourth-order valence-electron chi connectivity index (χ4n) is 2.52. The second-order valence-corrected chi connectivity index (χ2v) is 7.02. The summed E-state index contributed by atoms with van der Waals surface area (Å²) in [7, 11) is 1.76. The summed E-state index contributed by atoms with van der Waals surface area (Å²) in [5.41, 5.74) is 1.69. The average Bonchev–Trinajstić information content (AvgIpc) is 2.48. The molecule has 0 bridgehead atoms. The van der Waals surface area contributed by atoms with E-state index in [1.807, 2.05) is 39.0 Å². The maximum absolute atomic E-state index is 12.1. The molecule has 128 valence electrons. The summed E-state index contributed by atoms with van der Waals surface area (Å²) in [5.74, 6) is 0. The number of hydrogen-bond donors (Lipinski definition) is 1. The van der Waals surface area contributed by atoms with Crippen LogP contribution in [0.5, 0.6) is 0 Å². The van der Waals surface area contributed by atoms with Gasteiger partial charge in [0, 0.05) is 32.0 Å². The van der Waals surface area contributed by atoms with E-state index in [2.05, 4.69) is 11.4 Å². The number of para-hydroxylation sites is 1. The lowest BCUT2D eigenvalue weighted by Crippen LogP contribution is -2.34. The number of carbonyl (C=O) groups excluding carboxylic acids is 1. The normalized spacial score (nSPS) is 16.0. The number of benzene rings is 1. The van der Waals surface area contributed by atoms with E-state index in [1.54, 1.807) is 11.9 Å². The Morgan fingerprint density at radius 2 is 1.96 bits per heavy atom. The number of nitrogens with one attached hydrogen (secondary N) is 1. The largest absolute Gasteiger partial charge is 0.444 e. The Bertz CT molecular complexity index is 519. The van der Waals surface area contributed by atoms with Crippen molar-refractivity contribution in [1.29, 1.82) is 0 Å². The topological polar surface area (TPSA) is 50.8 Å². The van der Waals surface area contributed by atoms with Gasteiger partial charge in [-0.05, 0) is 45.2 Å². The fourth-order valence-corrected chi connectivity index (χ4v) is 2.52. The number of nitrogens with zero attached hydrogens (tertiary/aromatic N) is 1. The maximum Gasteiger partial charge on any atom is 0.410 e. The van der Waals surface area contributed by atoms with E-state index in [0.29, 0.717) is 12.6 Å². The van der Waals surface area contributed by atoms with Crippen LogP contribution in [0.15, 0.2) is 24.3 Å². The van der Waals surface area contributed by atoms with Crippen LogP contribution in [0.2, 0.25) is 0 Å². The van der Waals surface area contributed by atoms with Gasteiger partial charge in [0.15, 0.2) is 0 Å². The van der Waals surface area contributed by atoms with E-state index in [9.17, 15) is 4.79 Å². The number of hydrogen-bond acceptors (Lipinski definition) is 4. The van der Waals surface area contributed by atoms with Gasteiger partial charge in [-0.2, -0.15) is 0 Å². The van der Waals surface area contributed by atoms with Gasteiger partial charge in [0.1, 0.15) is 5.60 Å². The fraction of sp³-hybridized carbons (Fsp3) is 0.611. The van der Waals surface area contributed by atoms with Crippen LogP contribution in [0.4, 0.5) is 10.5 Å². The van der Waals surface area contributed by atoms with Crippen LogP contribution < -0.4 is 5.32 Å². The third-order valence-electron chi connectivity index (χ3n) is 3.71. The summed E-state index contributed by atoms with van der Waals surface area (Å²) in [6, 6.07) is 8.54. The second-order valence-electron chi connectivity index (χ2n) is 7.02. The van der Waals surface area contributed by atoms with Gasteiger partial charge in [0.2, 0.25) is 0 Å². The first-order valence-electron chi connectivity index (χ1n) is 8.21. The molecule has 0 aliphatic carbocycles. The van der Waals surface area contributed by atoms with E-state index in [4.69, 9.17) is 9.47 Å². The van der Waals surface area contributed by atoms with E-state index in [0.717, 1.165) is 37.3 Å². The SMILES string of the molecule is CN(Cc1ccccc1NC1CCOCC1)C(=O)OC(C)(C)C. The Hall–Kier alpha value is -1.75. The van der Waals surface area contributed by atoms with Gasteiger partial charge in [0.05, 0.1) is 6.54 Å². The highest BCUT2D eigenvalue weighted by Gasteiger charge is 2.21. The monoisotopic (exact) mass is 320 g/mol. The van der Waals surface area contributed by atoms with Crippen LogP contribution >= 0.6 is 0 Å². The minimum atomic E-state index is -0.481. The lowest BCUT2D eigenvalue weighted by atomic mass is 10.1. The number of carbonyl (C=O) groups is 1. The molecule has 5 heteroatoms. The van der Waals surface area contributed by atoms with Crippen molar-refractivity contribution in [3.8, 4) is 0 Å². The number of amides is 1. The first kappa shape index (κ1) is 17.6. The summed E-state index contributed by atoms with van der Waals surface area (Å²) < 4.78 is 10.8. The molecule has 1 aliphatic heterocycles. The van der Waals surface area contributed by atoms with Crippen LogP contribution in [-0.2, 0) is 16.0 Å². The van der Waals surface area contributed by atoms with Crippen molar-refractivity contribution in [3.05, 3.63) is 29.8 Å². The lowest BCUT2D eigenvalue weighted by Gasteiger charge is -2.27. The minimum absolute atomic E-state index is 0.307. The van der Waals surface area contributed by atoms with Gasteiger partial charge < -0.3 is 19.7 Å². The quantitative estimate of drug-likeness (QED) is 0.920. The second kappa shape index (κ2) is 7.68. The van der Waals surface area contributed by atoms with Gasteiger partial charge in [-0.25, -0.2) is 4.79 Å². The summed E-state index contributed by atoms with van der Waals surface area (Å²) in [5, 5.41) is 3.58. The Labute approximate surface area is 139 Å². The number of rotatable bonds is 4. The first-order chi connectivity index (χ1) is 10.8. The molecule has 1 aromatic rings. The van der Waals surface area contributed by atoms with Gasteiger partial charge in [-0.1, -0.05) is 18.2 Å². The molecule has 2 rings (SSSR count). The highest BCUT2D eigenvalue weighted by atomic mass is 16.6. The number of ether oxygens (including phenoxy) is 2. The molecule has 0 saturated carbocycles. The molecule has 1 N–H and O–H groups in total. The molecule has 1 aliphatic rings. The van der Waals surface area contributed by atoms with Crippen molar-refractivity contribution in [2.75, 3.05) is 25.6 Å². The molecule has 0 radical (unpaired) electrons. The van der Waals surface area contributed by atoms with E-state index >= 15 is 0 Å². The average molecular weight is 320 g/mol. The molecular formula is C18H28N2O3. The molecule has 0 spiro atoms. The smallest absolute Gasteiger partial charge is 0.410 e. The predicted molar refractivity (Wildman–Crippen MR) is 91.6 cm³/mol. The molecular weight excluding hydrogens is 292 g/mol. The zero-order chi connectivity index (χ0) is 16.9. The summed E-state index contributed by atoms with van der Waals surface area (Å²) in [4.78, 5) is 13.7. The third kappa shape index (κ3) is 5.75. The van der Waals surface area contributed by atoms with Gasteiger partial charge in [-0.15, -0.1) is 0 Å². The van der Waals surface area contributed by atoms with Crippen molar-refractivity contribution >= 4 is 11.8 Å². The molecule has 1 fully saturated rings. The zero-order valence-corrected chi connectivity index (χ0v) is 14.6. The molecule has 1 aromatic carbocycles. The Balaban J connectivity index is 2.00. The van der Waals surface area contributed by atoms with Crippen molar-refractivity contribution < 1.29 is 14.3 Å². The van der Waals surface area contributed by atoms with Gasteiger partial charge in [0.25, 0.3) is 0 Å². The van der Waals surface area contributed by atoms with Crippen molar-refractivity contribution in [3.63, 3.8) is 0 Å². The van der Waals surface area contributed by atoms with E-state index in [-0.39, 0.29) is 6.09 Å². The first-order valence-corrected chi connectivity index (χ1v) is 8.21. The highest BCUT2D eigenvalue weighted by molar-refractivity contribution is 5.68. The van der Waals surface area contributed by atoms with Crippen LogP contribution in [0.3, 0.4) is 0 Å². The summed E-state index contributed by atoms with van der Waals surface area (Å²) in [6.45, 7) is 7.74. The highest BCUT2D eigenvalue weighted by Crippen LogP contribution is 2.21. The molecule has 0 atom stereocenters. The van der Waals surface area contributed by atoms with Crippen LogP contribution in [0, 0.1) is 0 Å². The molecule has 1 saturated heterocycles. The van der Waals surface area contributed by atoms with Crippen molar-refractivity contribution in [2.45, 2.75) is 51.8 Å². The predicted octanol–water partition coefficient (Wildman–Crippen LogP) is 3.64. The molecule has 0 unspecified atom stereocenters. The van der Waals surface area contributed by atoms with Crippen molar-refractivity contribution in [2.24, 2.45) is 0 Å². The zero-order valence-electron chi connectivity index (χ0n) is 14.6. The van der Waals surface area contributed by atoms with Crippen LogP contribution in [0.1, 0.15) is 39.2 Å².